The molecule has 10 aromatic carbocycles. The van der Waals surface area contributed by atoms with E-state index < -0.39 is 0 Å². The van der Waals surface area contributed by atoms with Gasteiger partial charge in [0.2, 0.25) is 0 Å². The molecule has 0 saturated heterocycles. The van der Waals surface area contributed by atoms with Crippen molar-refractivity contribution in [2.24, 2.45) is 0 Å². The van der Waals surface area contributed by atoms with E-state index in [-0.39, 0.29) is 0 Å². The van der Waals surface area contributed by atoms with E-state index in [2.05, 4.69) is 217 Å². The molecule has 0 saturated carbocycles. The normalized spacial score (nSPS) is 11.6. The monoisotopic (exact) mass is 729 g/mol. The number of anilines is 3. The van der Waals surface area contributed by atoms with E-state index in [0.717, 1.165) is 17.1 Å². The van der Waals surface area contributed by atoms with E-state index in [4.69, 9.17) is 0 Å². The van der Waals surface area contributed by atoms with Crippen LogP contribution in [0.4, 0.5) is 17.1 Å². The van der Waals surface area contributed by atoms with Crippen molar-refractivity contribution in [3.63, 3.8) is 0 Å². The zero-order valence-corrected chi connectivity index (χ0v) is 31.4. The molecule has 262 valence electrons. The van der Waals surface area contributed by atoms with Crippen LogP contribution in [0.3, 0.4) is 0 Å². The Hall–Kier alpha value is -7.00. The van der Waals surface area contributed by atoms with Crippen molar-refractivity contribution in [3.8, 4) is 33.4 Å². The first-order valence-electron chi connectivity index (χ1n) is 19.2. The minimum absolute atomic E-state index is 1.10. The molecular formula is C54H35NS. The number of nitrogens with zero attached hydrogens (tertiary/aromatic N) is 1. The van der Waals surface area contributed by atoms with Gasteiger partial charge in [0.1, 0.15) is 0 Å². The topological polar surface area (TPSA) is 3.24 Å². The summed E-state index contributed by atoms with van der Waals surface area (Å²) in [5, 5.41) is 10.0. The predicted octanol–water partition coefficient (Wildman–Crippen LogP) is 16.0. The molecule has 0 aliphatic carbocycles. The Morgan fingerprint density at radius 1 is 0.304 bits per heavy atom. The van der Waals surface area contributed by atoms with E-state index in [0.29, 0.717) is 0 Å². The Morgan fingerprint density at radius 3 is 1.77 bits per heavy atom. The highest BCUT2D eigenvalue weighted by Crippen LogP contribution is 2.49. The van der Waals surface area contributed by atoms with Gasteiger partial charge in [-0.05, 0) is 115 Å². The van der Waals surface area contributed by atoms with E-state index in [1.165, 1.54) is 85.9 Å². The second-order valence-electron chi connectivity index (χ2n) is 14.5. The van der Waals surface area contributed by atoms with E-state index in [1.54, 1.807) is 0 Å². The lowest BCUT2D eigenvalue weighted by atomic mass is 9.87. The summed E-state index contributed by atoms with van der Waals surface area (Å²) in [4.78, 5) is 2.46. The fourth-order valence-electron chi connectivity index (χ4n) is 8.58. The smallest absolute Gasteiger partial charge is 0.0546 e. The Labute approximate surface area is 330 Å². The van der Waals surface area contributed by atoms with Crippen molar-refractivity contribution >= 4 is 80.9 Å². The summed E-state index contributed by atoms with van der Waals surface area (Å²) in [5.74, 6) is 0. The number of hydrogen-bond donors (Lipinski definition) is 0. The predicted molar refractivity (Wildman–Crippen MR) is 243 cm³/mol. The maximum absolute atomic E-state index is 2.46. The summed E-state index contributed by atoms with van der Waals surface area (Å²) in [7, 11) is 0. The molecule has 0 amide bonds. The average Bonchev–Trinajstić information content (AvgIpc) is 3.65. The van der Waals surface area contributed by atoms with Crippen LogP contribution in [0.25, 0.3) is 85.9 Å². The molecule has 0 aliphatic rings. The van der Waals surface area contributed by atoms with Crippen molar-refractivity contribution < 1.29 is 0 Å². The Kier molecular flexibility index (Phi) is 7.75. The highest BCUT2D eigenvalue weighted by Gasteiger charge is 2.23. The van der Waals surface area contributed by atoms with Gasteiger partial charge in [-0.3, -0.25) is 0 Å². The van der Waals surface area contributed by atoms with Crippen molar-refractivity contribution in [3.05, 3.63) is 212 Å². The lowest BCUT2D eigenvalue weighted by molar-refractivity contribution is 1.29. The third kappa shape index (κ3) is 5.46. The number of rotatable bonds is 6. The molecule has 1 aromatic heterocycles. The van der Waals surface area contributed by atoms with Crippen LogP contribution in [0.1, 0.15) is 0 Å². The molecule has 56 heavy (non-hydrogen) atoms. The minimum Gasteiger partial charge on any atom is -0.310 e. The fraction of sp³-hybridized carbons (Fsp3) is 0. The van der Waals surface area contributed by atoms with Crippen LogP contribution in [0.2, 0.25) is 0 Å². The van der Waals surface area contributed by atoms with Crippen LogP contribution >= 0.6 is 11.3 Å². The van der Waals surface area contributed by atoms with Crippen LogP contribution < -0.4 is 4.90 Å². The lowest BCUT2D eigenvalue weighted by Crippen LogP contribution is -2.12. The largest absolute Gasteiger partial charge is 0.310 e. The molecule has 0 spiro atoms. The van der Waals surface area contributed by atoms with Gasteiger partial charge >= 0.3 is 0 Å². The first kappa shape index (κ1) is 32.4. The van der Waals surface area contributed by atoms with Gasteiger partial charge in [0.05, 0.1) is 5.69 Å². The highest BCUT2D eigenvalue weighted by atomic mass is 32.1. The highest BCUT2D eigenvalue weighted by molar-refractivity contribution is 7.25. The Morgan fingerprint density at radius 2 is 0.929 bits per heavy atom. The zero-order chi connectivity index (χ0) is 37.0. The summed E-state index contributed by atoms with van der Waals surface area (Å²) < 4.78 is 2.62. The molecule has 0 radical (unpaired) electrons. The van der Waals surface area contributed by atoms with Gasteiger partial charge in [-0.25, -0.2) is 0 Å². The number of hydrogen-bond acceptors (Lipinski definition) is 2. The van der Waals surface area contributed by atoms with Crippen molar-refractivity contribution in [1.29, 1.82) is 0 Å². The maximum atomic E-state index is 2.46. The number of thiophene rings is 1. The van der Waals surface area contributed by atoms with Crippen molar-refractivity contribution in [2.45, 2.75) is 0 Å². The summed E-state index contributed by atoms with van der Waals surface area (Å²) in [5.41, 5.74) is 10.6. The van der Waals surface area contributed by atoms with Gasteiger partial charge in [0.25, 0.3) is 0 Å². The van der Waals surface area contributed by atoms with Crippen LogP contribution in [0.15, 0.2) is 212 Å². The third-order valence-corrected chi connectivity index (χ3v) is 12.4. The van der Waals surface area contributed by atoms with Crippen molar-refractivity contribution in [1.82, 2.24) is 0 Å². The lowest BCUT2D eigenvalue weighted by Gasteiger charge is -2.30. The maximum Gasteiger partial charge on any atom is 0.0546 e. The summed E-state index contributed by atoms with van der Waals surface area (Å²) in [6.07, 6.45) is 0. The van der Waals surface area contributed by atoms with Crippen molar-refractivity contribution in [2.75, 3.05) is 4.90 Å². The first-order valence-corrected chi connectivity index (χ1v) is 20.0. The van der Waals surface area contributed by atoms with Gasteiger partial charge in [-0.2, -0.15) is 0 Å². The summed E-state index contributed by atoms with van der Waals surface area (Å²) in [6, 6.07) is 78.0. The van der Waals surface area contributed by atoms with Gasteiger partial charge in [-0.1, -0.05) is 158 Å². The van der Waals surface area contributed by atoms with Crippen LogP contribution in [0, 0.1) is 0 Å². The Balaban J connectivity index is 1.23. The summed E-state index contributed by atoms with van der Waals surface area (Å²) >= 11 is 1.86. The molecule has 2 heteroatoms. The van der Waals surface area contributed by atoms with Crippen LogP contribution in [-0.2, 0) is 0 Å². The molecule has 0 bridgehead atoms. The minimum atomic E-state index is 1.10. The molecule has 11 rings (SSSR count). The average molecular weight is 730 g/mol. The molecular weight excluding hydrogens is 695 g/mol. The molecule has 1 heterocycles. The Bertz CT molecular complexity index is 3250. The van der Waals surface area contributed by atoms with Gasteiger partial charge < -0.3 is 4.90 Å². The fourth-order valence-corrected chi connectivity index (χ4v) is 9.67. The van der Waals surface area contributed by atoms with Crippen LogP contribution in [0.5, 0.6) is 0 Å². The number of benzene rings is 10. The second-order valence-corrected chi connectivity index (χ2v) is 15.6. The molecule has 1 nitrogen and oxygen atoms in total. The molecule has 0 N–H and O–H groups in total. The quantitative estimate of drug-likeness (QED) is 0.154. The zero-order valence-electron chi connectivity index (χ0n) is 30.6. The third-order valence-electron chi connectivity index (χ3n) is 11.2. The van der Waals surface area contributed by atoms with Crippen LogP contribution in [-0.4, -0.2) is 0 Å². The SMILES string of the molecule is c1ccc(-c2ccc(N(c3ccc4ccccc4c3)c3cccc(-c4ccc5sc6ccccc6c5c4)c3-c3cc4ccccc4c4ccccc34)cc2)cc1. The number of fused-ring (bicyclic) bond motifs is 7. The van der Waals surface area contributed by atoms with Gasteiger partial charge in [0, 0.05) is 37.1 Å². The van der Waals surface area contributed by atoms with E-state index in [1.807, 2.05) is 11.3 Å². The molecule has 11 aromatic rings. The van der Waals surface area contributed by atoms with Gasteiger partial charge in [-0.15, -0.1) is 11.3 Å². The van der Waals surface area contributed by atoms with E-state index >= 15 is 0 Å². The van der Waals surface area contributed by atoms with Gasteiger partial charge in [0.15, 0.2) is 0 Å². The first-order chi connectivity index (χ1) is 27.8. The molecule has 0 fully saturated rings. The molecule has 0 aliphatic heterocycles. The van der Waals surface area contributed by atoms with E-state index in [9.17, 15) is 0 Å². The standard InChI is InChI=1S/C54H35NS/c1-2-13-36(14-3-1)38-25-29-42(30-26-38)55(43-31-27-37-15-4-5-16-39(37)33-43)51-23-12-22-45(41-28-32-53-49(34-41)48-21-10-11-24-52(48)56-53)54(51)50-35-40-17-6-7-18-44(40)46-19-8-9-20-47(46)50/h1-35H. The second kappa shape index (κ2) is 13.4. The molecule has 0 atom stereocenters. The molecule has 0 unspecified atom stereocenters. The summed E-state index contributed by atoms with van der Waals surface area (Å²) in [6.45, 7) is 0.